The second-order valence-corrected chi connectivity index (χ2v) is 8.22. The van der Waals surface area contributed by atoms with E-state index in [4.69, 9.17) is 9.84 Å². The van der Waals surface area contributed by atoms with Crippen molar-refractivity contribution >= 4 is 33.1 Å². The van der Waals surface area contributed by atoms with Gasteiger partial charge in [-0.05, 0) is 31.9 Å². The molecule has 1 aliphatic rings. The predicted octanol–water partition coefficient (Wildman–Crippen LogP) is 4.17. The molecule has 4 rings (SSSR count). The molecule has 1 saturated heterocycles. The molecule has 3 aromatic rings. The van der Waals surface area contributed by atoms with Crippen molar-refractivity contribution < 1.29 is 4.74 Å². The van der Waals surface area contributed by atoms with Crippen LogP contribution in [-0.4, -0.2) is 46.9 Å². The highest BCUT2D eigenvalue weighted by atomic mass is 32.1. The van der Waals surface area contributed by atoms with Gasteiger partial charge in [0.25, 0.3) is 0 Å². The number of anilines is 1. The molecule has 6 nitrogen and oxygen atoms in total. The molecule has 28 heavy (non-hydrogen) atoms. The summed E-state index contributed by atoms with van der Waals surface area (Å²) in [5.74, 6) is 0.764. The Morgan fingerprint density at radius 3 is 2.68 bits per heavy atom. The summed E-state index contributed by atoms with van der Waals surface area (Å²) in [5.41, 5.74) is 6.67. The minimum absolute atomic E-state index is 0.111. The zero-order valence-corrected chi connectivity index (χ0v) is 17.3. The molecule has 0 radical (unpaired) electrons. The zero-order valence-electron chi connectivity index (χ0n) is 16.5. The van der Waals surface area contributed by atoms with Crippen molar-refractivity contribution in [2.24, 2.45) is 5.10 Å². The summed E-state index contributed by atoms with van der Waals surface area (Å²) in [5, 5.41) is 5.80. The molecule has 0 saturated carbocycles. The van der Waals surface area contributed by atoms with Crippen molar-refractivity contribution in [3.63, 3.8) is 0 Å². The minimum atomic E-state index is 0.111. The number of hydrazone groups is 1. The average molecular weight is 396 g/mol. The van der Waals surface area contributed by atoms with E-state index in [1.165, 1.54) is 16.0 Å². The van der Waals surface area contributed by atoms with E-state index in [0.717, 1.165) is 48.0 Å². The van der Waals surface area contributed by atoms with E-state index in [9.17, 15) is 0 Å². The Labute approximate surface area is 169 Å². The Balaban J connectivity index is 1.65. The van der Waals surface area contributed by atoms with Crippen LogP contribution >= 0.6 is 11.3 Å². The first-order valence-electron chi connectivity index (χ1n) is 9.53. The van der Waals surface area contributed by atoms with Gasteiger partial charge < -0.3 is 4.74 Å². The van der Waals surface area contributed by atoms with E-state index in [1.807, 2.05) is 6.07 Å². The van der Waals surface area contributed by atoms with Gasteiger partial charge in [-0.3, -0.25) is 10.3 Å². The quantitative estimate of drug-likeness (QED) is 0.519. The van der Waals surface area contributed by atoms with Crippen molar-refractivity contribution in [2.75, 3.05) is 31.7 Å². The third-order valence-corrected chi connectivity index (χ3v) is 6.34. The van der Waals surface area contributed by atoms with Gasteiger partial charge in [0, 0.05) is 18.0 Å². The first-order valence-corrected chi connectivity index (χ1v) is 10.3. The number of hydrogen-bond donors (Lipinski definition) is 1. The lowest BCUT2D eigenvalue weighted by Gasteiger charge is -2.34. The Morgan fingerprint density at radius 1 is 1.18 bits per heavy atom. The molecule has 0 aliphatic carbocycles. The van der Waals surface area contributed by atoms with Crippen molar-refractivity contribution in [3.05, 3.63) is 52.7 Å². The molecule has 0 unspecified atom stereocenters. The molecule has 1 aromatic carbocycles. The number of nitrogens with one attached hydrogen (secondary N) is 1. The molecule has 1 N–H and O–H groups in total. The summed E-state index contributed by atoms with van der Waals surface area (Å²) >= 11 is 1.69. The van der Waals surface area contributed by atoms with E-state index in [2.05, 4.69) is 65.3 Å². The van der Waals surface area contributed by atoms with Crippen LogP contribution in [0.3, 0.4) is 0 Å². The highest BCUT2D eigenvalue weighted by Gasteiger charge is 2.25. The third-order valence-electron chi connectivity index (χ3n) is 5.23. The summed E-state index contributed by atoms with van der Waals surface area (Å²) in [7, 11) is 0. The fourth-order valence-electron chi connectivity index (χ4n) is 3.66. The monoisotopic (exact) mass is 395 g/mol. The van der Waals surface area contributed by atoms with Crippen LogP contribution in [-0.2, 0) is 4.74 Å². The van der Waals surface area contributed by atoms with E-state index >= 15 is 0 Å². The normalized spacial score (nSPS) is 17.0. The summed E-state index contributed by atoms with van der Waals surface area (Å²) in [6.45, 7) is 9.60. The van der Waals surface area contributed by atoms with Crippen LogP contribution in [0.25, 0.3) is 10.2 Å². The van der Waals surface area contributed by atoms with E-state index < -0.39 is 0 Å². The van der Waals surface area contributed by atoms with E-state index in [1.54, 1.807) is 17.7 Å². The van der Waals surface area contributed by atoms with Crippen molar-refractivity contribution in [1.29, 1.82) is 0 Å². The molecule has 2 aromatic heterocycles. The number of rotatable bonds is 5. The van der Waals surface area contributed by atoms with Gasteiger partial charge in [0.2, 0.25) is 0 Å². The summed E-state index contributed by atoms with van der Waals surface area (Å²) in [4.78, 5) is 13.5. The largest absolute Gasteiger partial charge is 0.379 e. The lowest BCUT2D eigenvalue weighted by Crippen LogP contribution is -2.41. The third kappa shape index (κ3) is 3.78. The Kier molecular flexibility index (Phi) is 5.66. The Morgan fingerprint density at radius 2 is 1.93 bits per heavy atom. The number of aryl methyl sites for hydroxylation is 2. The van der Waals surface area contributed by atoms with Crippen LogP contribution in [0.1, 0.15) is 29.0 Å². The second-order valence-electron chi connectivity index (χ2n) is 7.01. The molecular weight excluding hydrogens is 370 g/mol. The minimum Gasteiger partial charge on any atom is -0.379 e. The topological polar surface area (TPSA) is 62.6 Å². The van der Waals surface area contributed by atoms with Crippen LogP contribution in [0.2, 0.25) is 0 Å². The second kappa shape index (κ2) is 8.34. The molecule has 1 fully saturated rings. The molecule has 1 aliphatic heterocycles. The summed E-state index contributed by atoms with van der Waals surface area (Å²) in [6, 6.07) is 10.6. The van der Waals surface area contributed by atoms with Crippen molar-refractivity contribution in [3.8, 4) is 0 Å². The highest BCUT2D eigenvalue weighted by Crippen LogP contribution is 2.32. The molecule has 3 heterocycles. The van der Waals surface area contributed by atoms with Crippen LogP contribution in [0.15, 0.2) is 41.8 Å². The number of thiophene rings is 1. The molecule has 0 amide bonds. The number of morpholine rings is 1. The van der Waals surface area contributed by atoms with Gasteiger partial charge in [0.05, 0.1) is 30.4 Å². The number of hydrogen-bond acceptors (Lipinski definition) is 7. The number of benzene rings is 1. The number of ether oxygens (including phenoxy) is 1. The number of fused-ring (bicyclic) bond motifs is 1. The van der Waals surface area contributed by atoms with Gasteiger partial charge in [0.1, 0.15) is 11.2 Å². The molecule has 7 heteroatoms. The summed E-state index contributed by atoms with van der Waals surface area (Å²) in [6.07, 6.45) is 1.60. The van der Waals surface area contributed by atoms with Gasteiger partial charge in [-0.25, -0.2) is 9.97 Å². The first-order chi connectivity index (χ1) is 13.6. The van der Waals surface area contributed by atoms with Gasteiger partial charge >= 0.3 is 0 Å². The number of aromatic nitrogens is 2. The average Bonchev–Trinajstić information content (AvgIpc) is 3.02. The Hall–Kier alpha value is -2.35. The van der Waals surface area contributed by atoms with Gasteiger partial charge in [0.15, 0.2) is 5.82 Å². The van der Waals surface area contributed by atoms with Gasteiger partial charge in [-0.2, -0.15) is 5.10 Å². The van der Waals surface area contributed by atoms with Crippen LogP contribution < -0.4 is 5.43 Å². The van der Waals surface area contributed by atoms with Crippen molar-refractivity contribution in [1.82, 2.24) is 14.9 Å². The Bertz CT molecular complexity index is 979. The molecule has 0 bridgehead atoms. The molecule has 1 atom stereocenters. The number of nitrogens with zero attached hydrogens (tertiary/aromatic N) is 4. The van der Waals surface area contributed by atoms with Gasteiger partial charge in [-0.15, -0.1) is 11.3 Å². The maximum Gasteiger partial charge on any atom is 0.158 e. The maximum absolute atomic E-state index is 5.55. The van der Waals surface area contributed by atoms with E-state index in [0.29, 0.717) is 0 Å². The first kappa shape index (κ1) is 19.0. The fraction of sp³-hybridized carbons (Fsp3) is 0.381. The van der Waals surface area contributed by atoms with Crippen LogP contribution in [0, 0.1) is 13.8 Å². The van der Waals surface area contributed by atoms with E-state index in [-0.39, 0.29) is 6.04 Å². The smallest absolute Gasteiger partial charge is 0.158 e. The van der Waals surface area contributed by atoms with Gasteiger partial charge in [-0.1, -0.05) is 30.3 Å². The lowest BCUT2D eigenvalue weighted by atomic mass is 10.0. The van der Waals surface area contributed by atoms with Crippen molar-refractivity contribution in [2.45, 2.75) is 26.8 Å². The van der Waals surface area contributed by atoms with Crippen LogP contribution in [0.5, 0.6) is 0 Å². The molecular formula is C21H25N5OS. The molecule has 0 spiro atoms. The zero-order chi connectivity index (χ0) is 19.5. The lowest BCUT2D eigenvalue weighted by molar-refractivity contribution is 0.0286. The standard InChI is InChI=1S/C21H25N5OS/c1-14-16(3)28-21-18(14)20(22-13-23-21)25-24-15(2)19(17-7-5-4-6-8-17)26-9-11-27-12-10-26/h4-8,13,19H,9-12H2,1-3H3,(H,22,23,25)/b24-15-/t19-/m0/s1. The SMILES string of the molecule is C/C(=N/Nc1ncnc2sc(C)c(C)c12)[C@@H](c1ccccc1)N1CCOCC1. The maximum atomic E-state index is 5.55. The molecule has 146 valence electrons. The fourth-order valence-corrected chi connectivity index (χ4v) is 4.65. The summed E-state index contributed by atoms with van der Waals surface area (Å²) < 4.78 is 5.55. The van der Waals surface area contributed by atoms with Crippen LogP contribution in [0.4, 0.5) is 5.82 Å². The highest BCUT2D eigenvalue weighted by molar-refractivity contribution is 7.18. The predicted molar refractivity (Wildman–Crippen MR) is 115 cm³/mol.